The number of hydrogen-bond acceptors (Lipinski definition) is 5. The number of thiophene rings is 1. The molecule has 0 unspecified atom stereocenters. The summed E-state index contributed by atoms with van der Waals surface area (Å²) < 4.78 is 33.9. The number of sulfonamides is 1. The molecule has 126 valence electrons. The molecule has 24 heavy (non-hydrogen) atoms. The fourth-order valence-corrected chi connectivity index (χ4v) is 3.93. The fraction of sp³-hybridized carbons (Fsp3) is 0.188. The van der Waals surface area contributed by atoms with Gasteiger partial charge in [-0.05, 0) is 29.6 Å². The zero-order chi connectivity index (χ0) is 17.0. The van der Waals surface area contributed by atoms with Gasteiger partial charge < -0.3 is 4.74 Å². The fourth-order valence-electron chi connectivity index (χ4n) is 2.19. The number of nitrogens with one attached hydrogen (secondary N) is 1. The van der Waals surface area contributed by atoms with Crippen LogP contribution in [0.1, 0.15) is 0 Å². The van der Waals surface area contributed by atoms with E-state index >= 15 is 0 Å². The average Bonchev–Trinajstić information content (AvgIpc) is 3.26. The summed E-state index contributed by atoms with van der Waals surface area (Å²) in [5.74, 6) is 0.505. The van der Waals surface area contributed by atoms with Crippen LogP contribution in [0.2, 0.25) is 0 Å². The Kier molecular flexibility index (Phi) is 4.98. The molecule has 0 saturated heterocycles. The quantitative estimate of drug-likeness (QED) is 0.700. The molecule has 0 aliphatic rings. The second-order valence-corrected chi connectivity index (χ2v) is 7.73. The molecule has 6 nitrogen and oxygen atoms in total. The summed E-state index contributed by atoms with van der Waals surface area (Å²) in [5, 5.41) is 6.44. The van der Waals surface area contributed by atoms with Crippen LogP contribution < -0.4 is 9.46 Å². The molecule has 0 atom stereocenters. The van der Waals surface area contributed by atoms with E-state index in [1.54, 1.807) is 28.2 Å². The van der Waals surface area contributed by atoms with Crippen molar-refractivity contribution in [3.05, 3.63) is 54.0 Å². The minimum atomic E-state index is -3.57. The molecule has 2 aromatic heterocycles. The maximum atomic E-state index is 12.3. The number of methoxy groups -OCH3 is 1. The SMILES string of the molecule is COc1cccc(S(=O)(=O)NCCn2ccc(-c3cccs3)n2)c1. The molecular formula is C16H17N3O3S2. The lowest BCUT2D eigenvalue weighted by molar-refractivity contribution is 0.413. The smallest absolute Gasteiger partial charge is 0.240 e. The minimum Gasteiger partial charge on any atom is -0.497 e. The van der Waals surface area contributed by atoms with E-state index in [1.165, 1.54) is 19.2 Å². The van der Waals surface area contributed by atoms with Crippen LogP contribution in [0.25, 0.3) is 10.6 Å². The van der Waals surface area contributed by atoms with Gasteiger partial charge in [-0.2, -0.15) is 5.10 Å². The van der Waals surface area contributed by atoms with Gasteiger partial charge in [0.15, 0.2) is 0 Å². The van der Waals surface area contributed by atoms with Gasteiger partial charge in [0, 0.05) is 18.8 Å². The largest absolute Gasteiger partial charge is 0.497 e. The highest BCUT2D eigenvalue weighted by Gasteiger charge is 2.14. The standard InChI is InChI=1S/C16H17N3O3S2/c1-22-13-4-2-5-14(12-13)24(20,21)17-8-10-19-9-7-15(18-19)16-6-3-11-23-16/h2-7,9,11-12,17H,8,10H2,1H3. The first-order valence-electron chi connectivity index (χ1n) is 7.29. The molecule has 3 aromatic rings. The maximum Gasteiger partial charge on any atom is 0.240 e. The van der Waals surface area contributed by atoms with Crippen LogP contribution in [-0.4, -0.2) is 31.9 Å². The van der Waals surface area contributed by atoms with E-state index < -0.39 is 10.0 Å². The predicted octanol–water partition coefficient (Wildman–Crippen LogP) is 2.60. The molecule has 1 N–H and O–H groups in total. The summed E-state index contributed by atoms with van der Waals surface area (Å²) in [6, 6.07) is 12.3. The Morgan fingerprint density at radius 1 is 1.25 bits per heavy atom. The number of hydrogen-bond donors (Lipinski definition) is 1. The van der Waals surface area contributed by atoms with Gasteiger partial charge in [-0.15, -0.1) is 11.3 Å². The Morgan fingerprint density at radius 2 is 2.12 bits per heavy atom. The van der Waals surface area contributed by atoms with E-state index in [9.17, 15) is 8.42 Å². The van der Waals surface area contributed by atoms with Gasteiger partial charge in [0.25, 0.3) is 0 Å². The molecule has 0 spiro atoms. The summed E-state index contributed by atoms with van der Waals surface area (Å²) in [6.45, 7) is 0.708. The second kappa shape index (κ2) is 7.16. The van der Waals surface area contributed by atoms with Crippen molar-refractivity contribution < 1.29 is 13.2 Å². The molecule has 2 heterocycles. The molecule has 1 aromatic carbocycles. The van der Waals surface area contributed by atoms with Crippen LogP contribution >= 0.6 is 11.3 Å². The molecular weight excluding hydrogens is 346 g/mol. The number of benzene rings is 1. The van der Waals surface area contributed by atoms with Crippen LogP contribution in [0.3, 0.4) is 0 Å². The van der Waals surface area contributed by atoms with Crippen LogP contribution in [0.5, 0.6) is 5.75 Å². The van der Waals surface area contributed by atoms with Crippen LogP contribution in [-0.2, 0) is 16.6 Å². The zero-order valence-corrected chi connectivity index (χ0v) is 14.7. The van der Waals surface area contributed by atoms with Crippen LogP contribution in [0.4, 0.5) is 0 Å². The van der Waals surface area contributed by atoms with Crippen molar-refractivity contribution in [3.8, 4) is 16.3 Å². The van der Waals surface area contributed by atoms with Gasteiger partial charge >= 0.3 is 0 Å². The van der Waals surface area contributed by atoms with Gasteiger partial charge in [0.05, 0.1) is 23.4 Å². The summed E-state index contributed by atoms with van der Waals surface area (Å²) in [5.41, 5.74) is 0.889. The predicted molar refractivity (Wildman–Crippen MR) is 93.7 cm³/mol. The molecule has 0 amide bonds. The summed E-state index contributed by atoms with van der Waals surface area (Å²) in [4.78, 5) is 1.27. The monoisotopic (exact) mass is 363 g/mol. The number of rotatable bonds is 7. The minimum absolute atomic E-state index is 0.182. The molecule has 8 heteroatoms. The van der Waals surface area contributed by atoms with Gasteiger partial charge in [-0.1, -0.05) is 12.1 Å². The number of ether oxygens (including phenoxy) is 1. The zero-order valence-electron chi connectivity index (χ0n) is 13.0. The Bertz CT molecular complexity index is 902. The van der Waals surface area contributed by atoms with Crippen molar-refractivity contribution in [2.75, 3.05) is 13.7 Å². The third kappa shape index (κ3) is 3.84. The van der Waals surface area contributed by atoms with Gasteiger partial charge in [0.1, 0.15) is 11.4 Å². The molecule has 0 bridgehead atoms. The first-order chi connectivity index (χ1) is 11.6. The first kappa shape index (κ1) is 16.7. The molecule has 0 aliphatic carbocycles. The Morgan fingerprint density at radius 3 is 2.88 bits per heavy atom. The molecule has 0 fully saturated rings. The van der Waals surface area contributed by atoms with E-state index in [-0.39, 0.29) is 11.4 Å². The van der Waals surface area contributed by atoms with Crippen LogP contribution in [0, 0.1) is 0 Å². The topological polar surface area (TPSA) is 73.2 Å². The van der Waals surface area contributed by atoms with E-state index in [0.717, 1.165) is 10.6 Å². The van der Waals surface area contributed by atoms with E-state index in [0.29, 0.717) is 12.3 Å². The number of aromatic nitrogens is 2. The normalized spacial score (nSPS) is 11.5. The van der Waals surface area contributed by atoms with Crippen molar-refractivity contribution in [2.24, 2.45) is 0 Å². The molecule has 0 saturated carbocycles. The second-order valence-electron chi connectivity index (χ2n) is 5.02. The lowest BCUT2D eigenvalue weighted by atomic mass is 10.3. The highest BCUT2D eigenvalue weighted by atomic mass is 32.2. The van der Waals surface area contributed by atoms with E-state index in [1.807, 2.05) is 29.8 Å². The van der Waals surface area contributed by atoms with Crippen molar-refractivity contribution in [1.82, 2.24) is 14.5 Å². The molecule has 0 radical (unpaired) electrons. The van der Waals surface area contributed by atoms with Gasteiger partial charge in [-0.25, -0.2) is 13.1 Å². The van der Waals surface area contributed by atoms with E-state index in [2.05, 4.69) is 9.82 Å². The lowest BCUT2D eigenvalue weighted by Crippen LogP contribution is -2.27. The van der Waals surface area contributed by atoms with Gasteiger partial charge in [0.2, 0.25) is 10.0 Å². The Hall–Kier alpha value is -2.16. The van der Waals surface area contributed by atoms with Crippen LogP contribution in [0.15, 0.2) is 58.9 Å². The average molecular weight is 363 g/mol. The Labute approximate surface area is 144 Å². The van der Waals surface area contributed by atoms with E-state index in [4.69, 9.17) is 4.74 Å². The van der Waals surface area contributed by atoms with Crippen molar-refractivity contribution in [3.63, 3.8) is 0 Å². The lowest BCUT2D eigenvalue weighted by Gasteiger charge is -2.08. The van der Waals surface area contributed by atoms with Crippen molar-refractivity contribution in [1.29, 1.82) is 0 Å². The number of nitrogens with zero attached hydrogens (tertiary/aromatic N) is 2. The third-order valence-electron chi connectivity index (χ3n) is 3.40. The van der Waals surface area contributed by atoms with Crippen molar-refractivity contribution in [2.45, 2.75) is 11.4 Å². The maximum absolute atomic E-state index is 12.3. The van der Waals surface area contributed by atoms with Gasteiger partial charge in [-0.3, -0.25) is 4.68 Å². The summed E-state index contributed by atoms with van der Waals surface area (Å²) in [7, 11) is -2.07. The highest BCUT2D eigenvalue weighted by Crippen LogP contribution is 2.22. The summed E-state index contributed by atoms with van der Waals surface area (Å²) >= 11 is 1.62. The molecule has 3 rings (SSSR count). The Balaban J connectivity index is 1.61. The third-order valence-corrected chi connectivity index (χ3v) is 5.75. The molecule has 0 aliphatic heterocycles. The first-order valence-corrected chi connectivity index (χ1v) is 9.66. The highest BCUT2D eigenvalue weighted by molar-refractivity contribution is 7.89. The van der Waals surface area contributed by atoms with Crippen molar-refractivity contribution >= 4 is 21.4 Å². The summed E-state index contributed by atoms with van der Waals surface area (Å²) in [6.07, 6.45) is 1.84.